The van der Waals surface area contributed by atoms with Gasteiger partial charge in [-0.25, -0.2) is 4.68 Å². The number of aryl methyl sites for hydroxylation is 1. The van der Waals surface area contributed by atoms with E-state index in [1.165, 1.54) is 6.33 Å². The van der Waals surface area contributed by atoms with Gasteiger partial charge in [-0.05, 0) is 41.1 Å². The minimum Gasteiger partial charge on any atom is -0.355 e. The van der Waals surface area contributed by atoms with Crippen molar-refractivity contribution in [2.45, 2.75) is 34.1 Å². The lowest BCUT2D eigenvalue weighted by Crippen LogP contribution is -2.36. The molecule has 2 amide bonds. The van der Waals surface area contributed by atoms with Crippen LogP contribution in [-0.2, 0) is 9.59 Å². The molecular weight excluding hydrogens is 308 g/mol. The molecule has 0 fully saturated rings. The highest BCUT2D eigenvalue weighted by atomic mass is 16.2. The van der Waals surface area contributed by atoms with Gasteiger partial charge in [-0.2, -0.15) is 0 Å². The molecule has 0 saturated heterocycles. The van der Waals surface area contributed by atoms with Crippen molar-refractivity contribution in [1.82, 2.24) is 25.5 Å². The quantitative estimate of drug-likeness (QED) is 0.864. The number of hydrogen-bond acceptors (Lipinski definition) is 5. The topological polar surface area (TPSA) is 102 Å². The molecule has 2 N–H and O–H groups in total. The van der Waals surface area contributed by atoms with Gasteiger partial charge in [0.25, 0.3) is 0 Å². The fourth-order valence-corrected chi connectivity index (χ4v) is 2.04. The molecule has 8 nitrogen and oxygen atoms in total. The van der Waals surface area contributed by atoms with Gasteiger partial charge in [0.05, 0.1) is 5.69 Å². The summed E-state index contributed by atoms with van der Waals surface area (Å²) in [4.78, 5) is 23.7. The van der Waals surface area contributed by atoms with Crippen LogP contribution in [-0.4, -0.2) is 38.6 Å². The molecule has 1 aromatic heterocycles. The zero-order chi connectivity index (χ0) is 17.7. The molecule has 24 heavy (non-hydrogen) atoms. The SMILES string of the molecule is Cc1cc(NC(=O)CCNC(=O)C(C)(C)C)ccc1-n1cnnn1. The average Bonchev–Trinajstić information content (AvgIpc) is 3.00. The number of carbonyl (C=O) groups excluding carboxylic acids is 2. The van der Waals surface area contributed by atoms with E-state index in [0.29, 0.717) is 12.2 Å². The van der Waals surface area contributed by atoms with E-state index >= 15 is 0 Å². The zero-order valence-corrected chi connectivity index (χ0v) is 14.3. The van der Waals surface area contributed by atoms with Crippen molar-refractivity contribution in [3.8, 4) is 5.69 Å². The number of hydrogen-bond donors (Lipinski definition) is 2. The standard InChI is InChI=1S/C16H22N6O2/c1-11-9-12(5-6-13(11)22-10-18-20-21-22)19-14(23)7-8-17-15(24)16(2,3)4/h5-6,9-10H,7-8H2,1-4H3,(H,17,24)(H,19,23). The van der Waals surface area contributed by atoms with Crippen LogP contribution in [0.25, 0.3) is 5.69 Å². The van der Waals surface area contributed by atoms with Gasteiger partial charge in [-0.1, -0.05) is 20.8 Å². The second-order valence-electron chi connectivity index (χ2n) is 6.56. The van der Waals surface area contributed by atoms with E-state index in [4.69, 9.17) is 0 Å². The third kappa shape index (κ3) is 4.61. The molecule has 1 heterocycles. The van der Waals surface area contributed by atoms with Crippen LogP contribution in [0.5, 0.6) is 0 Å². The fraction of sp³-hybridized carbons (Fsp3) is 0.438. The summed E-state index contributed by atoms with van der Waals surface area (Å²) >= 11 is 0. The van der Waals surface area contributed by atoms with Crippen molar-refractivity contribution in [1.29, 1.82) is 0 Å². The highest BCUT2D eigenvalue weighted by Gasteiger charge is 2.20. The number of tetrazole rings is 1. The Bertz CT molecular complexity index is 719. The first-order chi connectivity index (χ1) is 11.3. The van der Waals surface area contributed by atoms with Gasteiger partial charge in [0, 0.05) is 24.1 Å². The number of nitrogens with one attached hydrogen (secondary N) is 2. The van der Waals surface area contributed by atoms with E-state index < -0.39 is 5.41 Å². The summed E-state index contributed by atoms with van der Waals surface area (Å²) in [6.45, 7) is 7.71. The summed E-state index contributed by atoms with van der Waals surface area (Å²) in [5, 5.41) is 16.6. The maximum Gasteiger partial charge on any atom is 0.226 e. The average molecular weight is 330 g/mol. The second kappa shape index (κ2) is 7.20. The van der Waals surface area contributed by atoms with Crippen molar-refractivity contribution in [3.63, 3.8) is 0 Å². The predicted molar refractivity (Wildman–Crippen MR) is 89.6 cm³/mol. The number of carbonyl (C=O) groups is 2. The Morgan fingerprint density at radius 1 is 1.25 bits per heavy atom. The van der Waals surface area contributed by atoms with E-state index in [-0.39, 0.29) is 18.2 Å². The van der Waals surface area contributed by atoms with Gasteiger partial charge in [0.2, 0.25) is 11.8 Å². The number of anilines is 1. The molecule has 2 aromatic rings. The smallest absolute Gasteiger partial charge is 0.226 e. The van der Waals surface area contributed by atoms with Crippen LogP contribution in [0.3, 0.4) is 0 Å². The Kier molecular flexibility index (Phi) is 5.28. The molecule has 2 rings (SSSR count). The first-order valence-corrected chi connectivity index (χ1v) is 7.69. The molecule has 0 atom stereocenters. The number of rotatable bonds is 5. The lowest BCUT2D eigenvalue weighted by molar-refractivity contribution is -0.128. The molecule has 0 aliphatic carbocycles. The Balaban J connectivity index is 1.88. The minimum absolute atomic E-state index is 0.0723. The molecule has 8 heteroatoms. The Morgan fingerprint density at radius 2 is 2.00 bits per heavy atom. The Hall–Kier alpha value is -2.77. The van der Waals surface area contributed by atoms with Crippen molar-refractivity contribution in [3.05, 3.63) is 30.1 Å². The maximum atomic E-state index is 12.0. The van der Waals surface area contributed by atoms with Gasteiger partial charge in [-0.15, -0.1) is 5.10 Å². The van der Waals surface area contributed by atoms with E-state index in [0.717, 1.165) is 11.3 Å². The van der Waals surface area contributed by atoms with E-state index in [2.05, 4.69) is 26.2 Å². The van der Waals surface area contributed by atoms with E-state index in [9.17, 15) is 9.59 Å². The van der Waals surface area contributed by atoms with Gasteiger partial charge in [-0.3, -0.25) is 9.59 Å². The predicted octanol–water partition coefficient (Wildman–Crippen LogP) is 1.46. The van der Waals surface area contributed by atoms with Crippen LogP contribution in [0.15, 0.2) is 24.5 Å². The normalized spacial score (nSPS) is 11.2. The maximum absolute atomic E-state index is 12.0. The lowest BCUT2D eigenvalue weighted by Gasteiger charge is -2.17. The number of aromatic nitrogens is 4. The summed E-state index contributed by atoms with van der Waals surface area (Å²) < 4.78 is 1.56. The summed E-state index contributed by atoms with van der Waals surface area (Å²) in [7, 11) is 0. The highest BCUT2D eigenvalue weighted by molar-refractivity contribution is 5.91. The van der Waals surface area contributed by atoms with Gasteiger partial charge in [0.15, 0.2) is 0 Å². The van der Waals surface area contributed by atoms with E-state index in [1.54, 1.807) is 10.7 Å². The molecule has 0 bridgehead atoms. The largest absolute Gasteiger partial charge is 0.355 e. The van der Waals surface area contributed by atoms with E-state index in [1.807, 2.05) is 39.8 Å². The van der Waals surface area contributed by atoms with Crippen LogP contribution in [0.4, 0.5) is 5.69 Å². The monoisotopic (exact) mass is 330 g/mol. The van der Waals surface area contributed by atoms with Crippen LogP contribution in [0.1, 0.15) is 32.8 Å². The zero-order valence-electron chi connectivity index (χ0n) is 14.3. The number of benzene rings is 1. The van der Waals surface area contributed by atoms with Crippen LogP contribution in [0.2, 0.25) is 0 Å². The molecular formula is C16H22N6O2. The van der Waals surface area contributed by atoms with Gasteiger partial charge in [0.1, 0.15) is 6.33 Å². The van der Waals surface area contributed by atoms with Crippen molar-refractivity contribution in [2.75, 3.05) is 11.9 Å². The third-order valence-electron chi connectivity index (χ3n) is 3.40. The first kappa shape index (κ1) is 17.6. The molecule has 0 spiro atoms. The second-order valence-corrected chi connectivity index (χ2v) is 6.56. The van der Waals surface area contributed by atoms with Gasteiger partial charge < -0.3 is 10.6 Å². The van der Waals surface area contributed by atoms with Crippen LogP contribution < -0.4 is 10.6 Å². The molecule has 0 aliphatic heterocycles. The lowest BCUT2D eigenvalue weighted by atomic mass is 9.96. The highest BCUT2D eigenvalue weighted by Crippen LogP contribution is 2.18. The fourth-order valence-electron chi connectivity index (χ4n) is 2.04. The molecule has 128 valence electrons. The number of nitrogens with zero attached hydrogens (tertiary/aromatic N) is 4. The summed E-state index contributed by atoms with van der Waals surface area (Å²) in [6.07, 6.45) is 1.73. The first-order valence-electron chi connectivity index (χ1n) is 7.69. The third-order valence-corrected chi connectivity index (χ3v) is 3.40. The Morgan fingerprint density at radius 3 is 2.58 bits per heavy atom. The molecule has 0 saturated carbocycles. The van der Waals surface area contributed by atoms with Crippen LogP contribution in [0, 0.1) is 12.3 Å². The number of amides is 2. The molecule has 0 unspecified atom stereocenters. The summed E-state index contributed by atoms with van der Waals surface area (Å²) in [5.74, 6) is -0.226. The molecule has 0 radical (unpaired) electrons. The summed E-state index contributed by atoms with van der Waals surface area (Å²) in [6, 6.07) is 5.47. The van der Waals surface area contributed by atoms with Crippen molar-refractivity contribution in [2.24, 2.45) is 5.41 Å². The van der Waals surface area contributed by atoms with Crippen LogP contribution >= 0.6 is 0 Å². The van der Waals surface area contributed by atoms with Crippen molar-refractivity contribution < 1.29 is 9.59 Å². The van der Waals surface area contributed by atoms with Gasteiger partial charge >= 0.3 is 0 Å². The molecule has 1 aromatic carbocycles. The summed E-state index contributed by atoms with van der Waals surface area (Å²) in [5.41, 5.74) is 2.01. The van der Waals surface area contributed by atoms with Crippen molar-refractivity contribution >= 4 is 17.5 Å². The Labute approximate surface area is 140 Å². The minimum atomic E-state index is -0.459. The molecule has 0 aliphatic rings.